The first kappa shape index (κ1) is 12.9. The van der Waals surface area contributed by atoms with Gasteiger partial charge in [0.1, 0.15) is 0 Å². The summed E-state index contributed by atoms with van der Waals surface area (Å²) >= 11 is 3.37. The first-order valence-corrected chi connectivity index (χ1v) is 6.00. The van der Waals surface area contributed by atoms with Gasteiger partial charge in [-0.15, -0.1) is 0 Å². The van der Waals surface area contributed by atoms with Crippen LogP contribution in [-0.2, 0) is 0 Å². The quantitative estimate of drug-likeness (QED) is 0.396. The fourth-order valence-electron chi connectivity index (χ4n) is 0.944. The molecule has 0 aliphatic heterocycles. The summed E-state index contributed by atoms with van der Waals surface area (Å²) in [7, 11) is 0. The number of allylic oxidation sites excluding steroid dienone is 4. The third kappa shape index (κ3) is 11.9. The van der Waals surface area contributed by atoms with Crippen molar-refractivity contribution in [2.24, 2.45) is 0 Å². The van der Waals surface area contributed by atoms with Crippen LogP contribution in [0.1, 0.15) is 32.1 Å². The Morgan fingerprint density at radius 3 is 2.23 bits per heavy atom. The van der Waals surface area contributed by atoms with Gasteiger partial charge in [-0.2, -0.15) is 0 Å². The van der Waals surface area contributed by atoms with Crippen LogP contribution in [0.2, 0.25) is 0 Å². The molecule has 0 aliphatic rings. The van der Waals surface area contributed by atoms with Gasteiger partial charge in [0.15, 0.2) is 0 Å². The molecule has 0 bridgehead atoms. The molecular weight excluding hydrogens is 228 g/mol. The summed E-state index contributed by atoms with van der Waals surface area (Å²) in [4.78, 5) is 0. The van der Waals surface area contributed by atoms with Crippen LogP contribution in [0.15, 0.2) is 24.3 Å². The summed E-state index contributed by atoms with van der Waals surface area (Å²) in [6, 6.07) is 0. The fourth-order valence-corrected chi connectivity index (χ4v) is 1.21. The van der Waals surface area contributed by atoms with Gasteiger partial charge in [0.05, 0.1) is 0 Å². The van der Waals surface area contributed by atoms with Gasteiger partial charge < -0.3 is 5.11 Å². The number of unbranched alkanes of at least 4 members (excludes halogenated alkanes) is 2. The molecule has 76 valence electrons. The molecule has 0 saturated heterocycles. The van der Waals surface area contributed by atoms with E-state index in [2.05, 4.69) is 40.2 Å². The molecule has 2 heteroatoms. The number of hydrogen-bond donors (Lipinski definition) is 1. The molecule has 0 spiro atoms. The summed E-state index contributed by atoms with van der Waals surface area (Å²) < 4.78 is 0. The van der Waals surface area contributed by atoms with E-state index in [1.54, 1.807) is 0 Å². The van der Waals surface area contributed by atoms with Crippen LogP contribution in [0.5, 0.6) is 0 Å². The van der Waals surface area contributed by atoms with Crippen molar-refractivity contribution < 1.29 is 5.11 Å². The van der Waals surface area contributed by atoms with E-state index in [9.17, 15) is 0 Å². The molecule has 0 aromatic heterocycles. The van der Waals surface area contributed by atoms with Crippen LogP contribution in [0.4, 0.5) is 0 Å². The van der Waals surface area contributed by atoms with Crippen molar-refractivity contribution in [3.63, 3.8) is 0 Å². The highest BCUT2D eigenvalue weighted by molar-refractivity contribution is 9.09. The van der Waals surface area contributed by atoms with Crippen LogP contribution < -0.4 is 0 Å². The van der Waals surface area contributed by atoms with Crippen LogP contribution in [-0.4, -0.2) is 17.0 Å². The molecule has 13 heavy (non-hydrogen) atoms. The average molecular weight is 247 g/mol. The molecule has 0 fully saturated rings. The summed E-state index contributed by atoms with van der Waals surface area (Å²) in [5.74, 6) is 0. The average Bonchev–Trinajstić information content (AvgIpc) is 2.16. The van der Waals surface area contributed by atoms with Gasteiger partial charge in [0.2, 0.25) is 0 Å². The molecule has 0 saturated carbocycles. The first-order valence-electron chi connectivity index (χ1n) is 4.88. The summed E-state index contributed by atoms with van der Waals surface area (Å²) in [5, 5.41) is 9.57. The molecule has 0 atom stereocenters. The minimum atomic E-state index is 0.318. The Labute approximate surface area is 89.7 Å². The van der Waals surface area contributed by atoms with Gasteiger partial charge in [0.25, 0.3) is 0 Å². The Balaban J connectivity index is 3.11. The number of hydrogen-bond acceptors (Lipinski definition) is 1. The van der Waals surface area contributed by atoms with Crippen molar-refractivity contribution in [3.05, 3.63) is 24.3 Å². The maximum atomic E-state index is 8.53. The molecule has 0 rings (SSSR count). The Morgan fingerprint density at radius 2 is 1.62 bits per heavy atom. The minimum absolute atomic E-state index is 0.318. The Kier molecular flexibility index (Phi) is 11.8. The van der Waals surface area contributed by atoms with Gasteiger partial charge in [-0.05, 0) is 32.1 Å². The second-order valence-corrected chi connectivity index (χ2v) is 3.67. The highest BCUT2D eigenvalue weighted by Crippen LogP contribution is 1.97. The topological polar surface area (TPSA) is 20.2 Å². The van der Waals surface area contributed by atoms with Crippen LogP contribution in [0, 0.1) is 0 Å². The SMILES string of the molecule is OCCCCC=CCC=CCCBr. The number of rotatable bonds is 8. The van der Waals surface area contributed by atoms with Gasteiger partial charge in [-0.1, -0.05) is 40.2 Å². The molecular formula is C11H19BrO. The molecule has 0 aromatic rings. The van der Waals surface area contributed by atoms with E-state index in [-0.39, 0.29) is 0 Å². The monoisotopic (exact) mass is 246 g/mol. The Morgan fingerprint density at radius 1 is 0.923 bits per heavy atom. The highest BCUT2D eigenvalue weighted by Gasteiger charge is 1.81. The third-order valence-electron chi connectivity index (χ3n) is 1.66. The van der Waals surface area contributed by atoms with Gasteiger partial charge in [0, 0.05) is 11.9 Å². The van der Waals surface area contributed by atoms with E-state index >= 15 is 0 Å². The molecule has 0 aliphatic carbocycles. The molecule has 1 nitrogen and oxygen atoms in total. The number of halogens is 1. The lowest BCUT2D eigenvalue weighted by atomic mass is 10.2. The number of aliphatic hydroxyl groups excluding tert-OH is 1. The molecule has 0 unspecified atom stereocenters. The van der Waals surface area contributed by atoms with Crippen molar-refractivity contribution in [2.75, 3.05) is 11.9 Å². The van der Waals surface area contributed by atoms with Crippen molar-refractivity contribution in [3.8, 4) is 0 Å². The Hall–Kier alpha value is -0.0800. The first-order chi connectivity index (χ1) is 6.41. The van der Waals surface area contributed by atoms with Gasteiger partial charge in [-0.3, -0.25) is 0 Å². The third-order valence-corrected chi connectivity index (χ3v) is 2.12. The van der Waals surface area contributed by atoms with Gasteiger partial charge in [-0.25, -0.2) is 0 Å². The minimum Gasteiger partial charge on any atom is -0.396 e. The number of aliphatic hydroxyl groups is 1. The smallest absolute Gasteiger partial charge is 0.0431 e. The van der Waals surface area contributed by atoms with Crippen LogP contribution in [0.25, 0.3) is 0 Å². The summed E-state index contributed by atoms with van der Waals surface area (Å²) in [6.07, 6.45) is 14.0. The highest BCUT2D eigenvalue weighted by atomic mass is 79.9. The predicted molar refractivity (Wildman–Crippen MR) is 62.2 cm³/mol. The van der Waals surface area contributed by atoms with E-state index in [4.69, 9.17) is 5.11 Å². The van der Waals surface area contributed by atoms with Crippen molar-refractivity contribution >= 4 is 15.9 Å². The zero-order valence-electron chi connectivity index (χ0n) is 8.08. The molecule has 0 aromatic carbocycles. The number of alkyl halides is 1. The normalized spacial score (nSPS) is 11.8. The van der Waals surface area contributed by atoms with E-state index in [1.807, 2.05) is 0 Å². The zero-order chi connectivity index (χ0) is 9.78. The lowest BCUT2D eigenvalue weighted by Gasteiger charge is -1.90. The fraction of sp³-hybridized carbons (Fsp3) is 0.636. The van der Waals surface area contributed by atoms with E-state index < -0.39 is 0 Å². The maximum Gasteiger partial charge on any atom is 0.0431 e. The maximum absolute atomic E-state index is 8.53. The van der Waals surface area contributed by atoms with Crippen molar-refractivity contribution in [2.45, 2.75) is 32.1 Å². The second kappa shape index (κ2) is 11.9. The van der Waals surface area contributed by atoms with Crippen LogP contribution in [0.3, 0.4) is 0 Å². The molecule has 0 amide bonds. The zero-order valence-corrected chi connectivity index (χ0v) is 9.67. The van der Waals surface area contributed by atoms with E-state index in [0.717, 1.165) is 37.4 Å². The van der Waals surface area contributed by atoms with E-state index in [0.29, 0.717) is 6.61 Å². The lowest BCUT2D eigenvalue weighted by molar-refractivity contribution is 0.285. The largest absolute Gasteiger partial charge is 0.396 e. The molecule has 0 radical (unpaired) electrons. The van der Waals surface area contributed by atoms with Crippen molar-refractivity contribution in [1.82, 2.24) is 0 Å². The summed E-state index contributed by atoms with van der Waals surface area (Å²) in [6.45, 7) is 0.318. The van der Waals surface area contributed by atoms with Crippen LogP contribution >= 0.6 is 15.9 Å². The standard InChI is InChI=1S/C11H19BrO/c12-10-8-6-4-2-1-3-5-7-9-11-13/h1,3-4,6,13H,2,5,7-11H2. The molecule has 1 N–H and O–H groups in total. The Bertz CT molecular complexity index is 141. The molecule has 0 heterocycles. The predicted octanol–water partition coefficient (Wildman–Crippen LogP) is 3.44. The lowest BCUT2D eigenvalue weighted by Crippen LogP contribution is -1.79. The van der Waals surface area contributed by atoms with E-state index in [1.165, 1.54) is 0 Å². The second-order valence-electron chi connectivity index (χ2n) is 2.88. The van der Waals surface area contributed by atoms with Gasteiger partial charge >= 0.3 is 0 Å². The summed E-state index contributed by atoms with van der Waals surface area (Å²) in [5.41, 5.74) is 0. The van der Waals surface area contributed by atoms with Crippen molar-refractivity contribution in [1.29, 1.82) is 0 Å².